The summed E-state index contributed by atoms with van der Waals surface area (Å²) >= 11 is 0. The van der Waals surface area contributed by atoms with E-state index in [0.717, 1.165) is 17.8 Å². The topological polar surface area (TPSA) is 0 Å². The highest BCUT2D eigenvalue weighted by molar-refractivity contribution is 5.75. The molecule has 0 fully saturated rings. The Morgan fingerprint density at radius 2 is 1.19 bits per heavy atom. The van der Waals surface area contributed by atoms with Crippen molar-refractivity contribution >= 4 is 17.4 Å². The summed E-state index contributed by atoms with van der Waals surface area (Å²) in [4.78, 5) is 0. The number of allylic oxidation sites excluding steroid dienone is 2. The van der Waals surface area contributed by atoms with Crippen LogP contribution < -0.4 is 0 Å². The first-order chi connectivity index (χ1) is 9.45. The van der Waals surface area contributed by atoms with E-state index in [-0.39, 0.29) is 17.4 Å². The molecule has 0 aromatic heterocycles. The van der Waals surface area contributed by atoms with Gasteiger partial charge in [-0.05, 0) is 44.4 Å². The van der Waals surface area contributed by atoms with Gasteiger partial charge in [-0.1, -0.05) is 84.3 Å². The lowest BCUT2D eigenvalue weighted by Crippen LogP contribution is -2.00. The highest BCUT2D eigenvalue weighted by atomic mass is 27.0. The molecule has 0 aliphatic heterocycles. The molecular weight excluding hydrogens is 267 g/mol. The zero-order valence-electron chi connectivity index (χ0n) is 15.2. The third-order valence-electron chi connectivity index (χ3n) is 4.63. The maximum atomic E-state index is 2.44. The van der Waals surface area contributed by atoms with Crippen molar-refractivity contribution < 1.29 is 0 Å². The van der Waals surface area contributed by atoms with E-state index in [9.17, 15) is 0 Å². The Morgan fingerprint density at radius 3 is 1.62 bits per heavy atom. The van der Waals surface area contributed by atoms with Crippen LogP contribution in [0.5, 0.6) is 0 Å². The van der Waals surface area contributed by atoms with Crippen LogP contribution in [0.1, 0.15) is 99.3 Å². The van der Waals surface area contributed by atoms with Gasteiger partial charge in [-0.2, -0.15) is 0 Å². The first-order valence-electron chi connectivity index (χ1n) is 9.07. The van der Waals surface area contributed by atoms with Crippen LogP contribution in [0.4, 0.5) is 0 Å². The molecule has 0 rings (SSSR count). The Kier molecular flexibility index (Phi) is 17.0. The van der Waals surface area contributed by atoms with Gasteiger partial charge in [0, 0.05) is 0 Å². The molecule has 0 N–H and O–H groups in total. The second-order valence-corrected chi connectivity index (χ2v) is 7.49. The molecule has 1 heteroatoms. The predicted molar refractivity (Wildman–Crippen MR) is 104 cm³/mol. The molecule has 0 aromatic carbocycles. The van der Waals surface area contributed by atoms with E-state index >= 15 is 0 Å². The number of rotatable bonds is 12. The molecule has 0 aliphatic carbocycles. The molecule has 0 heterocycles. The van der Waals surface area contributed by atoms with Crippen molar-refractivity contribution in [3.63, 3.8) is 0 Å². The predicted octanol–water partition coefficient (Wildman–Crippen LogP) is 6.21. The molecule has 0 spiro atoms. The average Bonchev–Trinajstić information content (AvgIpc) is 2.38. The van der Waals surface area contributed by atoms with Crippen LogP contribution in [0.25, 0.3) is 0 Å². The van der Waals surface area contributed by atoms with Gasteiger partial charge in [-0.3, -0.25) is 0 Å². The van der Waals surface area contributed by atoms with Crippen LogP contribution in [0.15, 0.2) is 11.6 Å². The van der Waals surface area contributed by atoms with Gasteiger partial charge in [0.15, 0.2) is 17.4 Å². The zero-order chi connectivity index (χ0) is 15.4. The molecule has 0 aliphatic rings. The van der Waals surface area contributed by atoms with E-state index in [1.54, 1.807) is 5.57 Å². The fourth-order valence-electron chi connectivity index (χ4n) is 2.85. The van der Waals surface area contributed by atoms with E-state index in [4.69, 9.17) is 0 Å². The summed E-state index contributed by atoms with van der Waals surface area (Å²) in [5.41, 5.74) is 1.55. The van der Waals surface area contributed by atoms with Crippen molar-refractivity contribution in [2.75, 3.05) is 0 Å². The fraction of sp³-hybridized carbons (Fsp3) is 0.900. The van der Waals surface area contributed by atoms with Crippen LogP contribution in [-0.2, 0) is 0 Å². The standard InChI is InChI=1S/C20H40.Al.3H/c1-7-18(4)12-9-14-20(6)16-10-15-19(5)13-8-11-17(2)3;;;;/h7,17,19-20H,8-16H2,1-6H3;;;;/b18-7+;;;;/t19-,20+;;;;/m1..../s1. The lowest BCUT2D eigenvalue weighted by atomic mass is 9.91. The molecule has 0 saturated carbocycles. The largest absolute Gasteiger partial charge is 0.187 e. The molecule has 0 amide bonds. The molecule has 0 radical (unpaired) electrons. The lowest BCUT2D eigenvalue weighted by Gasteiger charge is -2.15. The summed E-state index contributed by atoms with van der Waals surface area (Å²) in [6, 6.07) is 0. The Morgan fingerprint density at radius 1 is 0.762 bits per heavy atom. The Hall–Kier alpha value is 0.272. The first kappa shape index (κ1) is 23.5. The lowest BCUT2D eigenvalue weighted by molar-refractivity contribution is 0.389. The SMILES string of the molecule is C/C=C(\C)CCC[C@H](C)CCC[C@H](C)CCCC(C)C.[AlH3]. The Labute approximate surface area is 146 Å². The van der Waals surface area contributed by atoms with Gasteiger partial charge in [0.2, 0.25) is 0 Å². The molecular formula is C20H43Al. The summed E-state index contributed by atoms with van der Waals surface area (Å²) in [7, 11) is 0. The van der Waals surface area contributed by atoms with Crippen molar-refractivity contribution in [1.82, 2.24) is 0 Å². The summed E-state index contributed by atoms with van der Waals surface area (Å²) in [5.74, 6) is 2.73. The molecule has 0 nitrogen and oxygen atoms in total. The van der Waals surface area contributed by atoms with Gasteiger partial charge in [0.25, 0.3) is 0 Å². The van der Waals surface area contributed by atoms with Gasteiger partial charge >= 0.3 is 0 Å². The number of hydrogen-bond acceptors (Lipinski definition) is 0. The van der Waals surface area contributed by atoms with Gasteiger partial charge in [-0.15, -0.1) is 0 Å². The first-order valence-corrected chi connectivity index (χ1v) is 9.07. The highest BCUT2D eigenvalue weighted by Gasteiger charge is 2.06. The van der Waals surface area contributed by atoms with E-state index in [2.05, 4.69) is 47.6 Å². The van der Waals surface area contributed by atoms with Crippen LogP contribution in [0.3, 0.4) is 0 Å². The van der Waals surface area contributed by atoms with Crippen LogP contribution in [-0.4, -0.2) is 17.4 Å². The molecule has 0 unspecified atom stereocenters. The van der Waals surface area contributed by atoms with E-state index in [1.165, 1.54) is 57.8 Å². The van der Waals surface area contributed by atoms with Gasteiger partial charge in [0.05, 0.1) is 0 Å². The summed E-state index contributed by atoms with van der Waals surface area (Å²) in [5, 5.41) is 0. The van der Waals surface area contributed by atoms with Crippen molar-refractivity contribution in [3.05, 3.63) is 11.6 Å². The van der Waals surface area contributed by atoms with Crippen molar-refractivity contribution in [3.8, 4) is 0 Å². The average molecular weight is 311 g/mol. The number of hydrogen-bond donors (Lipinski definition) is 0. The monoisotopic (exact) mass is 310 g/mol. The molecule has 0 saturated heterocycles. The molecule has 21 heavy (non-hydrogen) atoms. The minimum absolute atomic E-state index is 0. The molecule has 2 atom stereocenters. The van der Waals surface area contributed by atoms with E-state index in [1.807, 2.05) is 0 Å². The van der Waals surface area contributed by atoms with Gasteiger partial charge < -0.3 is 0 Å². The third kappa shape index (κ3) is 16.5. The van der Waals surface area contributed by atoms with Crippen molar-refractivity contribution in [2.24, 2.45) is 17.8 Å². The van der Waals surface area contributed by atoms with Gasteiger partial charge in [0.1, 0.15) is 0 Å². The Balaban J connectivity index is 0. The summed E-state index contributed by atoms with van der Waals surface area (Å²) in [6.45, 7) is 14.0. The van der Waals surface area contributed by atoms with E-state index in [0.29, 0.717) is 0 Å². The normalized spacial score (nSPS) is 14.9. The molecule has 0 aromatic rings. The maximum absolute atomic E-state index is 2.44. The maximum Gasteiger partial charge on any atom is 0.187 e. The summed E-state index contributed by atoms with van der Waals surface area (Å²) in [6.07, 6.45) is 14.9. The van der Waals surface area contributed by atoms with Crippen LogP contribution in [0.2, 0.25) is 0 Å². The second kappa shape index (κ2) is 15.2. The second-order valence-electron chi connectivity index (χ2n) is 7.49. The van der Waals surface area contributed by atoms with E-state index < -0.39 is 0 Å². The van der Waals surface area contributed by atoms with Crippen molar-refractivity contribution in [2.45, 2.75) is 99.3 Å². The zero-order valence-corrected chi connectivity index (χ0v) is 15.2. The quantitative estimate of drug-likeness (QED) is 0.297. The Bertz CT molecular complexity index is 242. The highest BCUT2D eigenvalue weighted by Crippen LogP contribution is 2.21. The summed E-state index contributed by atoms with van der Waals surface area (Å²) < 4.78 is 0. The molecule has 0 bridgehead atoms. The smallest absolute Gasteiger partial charge is 0.0887 e. The van der Waals surface area contributed by atoms with Gasteiger partial charge in [-0.25, -0.2) is 0 Å². The molecule has 126 valence electrons. The van der Waals surface area contributed by atoms with Crippen molar-refractivity contribution in [1.29, 1.82) is 0 Å². The van der Waals surface area contributed by atoms with Crippen LogP contribution in [0, 0.1) is 17.8 Å². The minimum Gasteiger partial charge on any atom is -0.0887 e. The third-order valence-corrected chi connectivity index (χ3v) is 4.63. The minimum atomic E-state index is 0. The van der Waals surface area contributed by atoms with Crippen LogP contribution >= 0.6 is 0 Å². The fourth-order valence-corrected chi connectivity index (χ4v) is 2.85.